The van der Waals surface area contributed by atoms with Crippen molar-refractivity contribution in [3.05, 3.63) is 42.0 Å². The molecule has 118 valence electrons. The molecule has 0 heterocycles. The highest BCUT2D eigenvalue weighted by atomic mass is 16.5. The zero-order valence-electron chi connectivity index (χ0n) is 13.8. The predicted octanol–water partition coefficient (Wildman–Crippen LogP) is 4.11. The summed E-state index contributed by atoms with van der Waals surface area (Å²) in [5, 5.41) is 5.27. The maximum atomic E-state index is 12.2. The van der Waals surface area contributed by atoms with Crippen molar-refractivity contribution in [3.63, 3.8) is 0 Å². The molecule has 0 bridgehead atoms. The van der Waals surface area contributed by atoms with Gasteiger partial charge in [-0.2, -0.15) is 0 Å². The van der Waals surface area contributed by atoms with Gasteiger partial charge in [0, 0.05) is 6.54 Å². The van der Waals surface area contributed by atoms with E-state index in [0.717, 1.165) is 35.1 Å². The van der Waals surface area contributed by atoms with Gasteiger partial charge in [-0.15, -0.1) is 0 Å². The number of amides is 1. The first-order chi connectivity index (χ1) is 10.5. The Kier molecular flexibility index (Phi) is 5.42. The van der Waals surface area contributed by atoms with E-state index in [4.69, 9.17) is 4.74 Å². The molecule has 1 N–H and O–H groups in total. The average Bonchev–Trinajstić information content (AvgIpc) is 2.52. The number of rotatable bonds is 6. The standard InChI is InChI=1S/C19H25NO2/c1-13(2)9-10-20-19(21)14(3)15-5-6-17-12-18(22-4)8-7-16(17)11-15/h5-8,11-14H,9-10H2,1-4H3,(H,20,21)/t14-/m1/s1. The number of hydrogen-bond acceptors (Lipinski definition) is 2. The van der Waals surface area contributed by atoms with E-state index in [1.54, 1.807) is 7.11 Å². The van der Waals surface area contributed by atoms with Gasteiger partial charge in [-0.05, 0) is 47.7 Å². The SMILES string of the molecule is COc1ccc2cc([C@@H](C)C(=O)NCCC(C)C)ccc2c1. The molecule has 0 aliphatic heterocycles. The first kappa shape index (κ1) is 16.3. The summed E-state index contributed by atoms with van der Waals surface area (Å²) in [6.45, 7) is 7.02. The number of ether oxygens (including phenoxy) is 1. The number of methoxy groups -OCH3 is 1. The molecule has 0 unspecified atom stereocenters. The van der Waals surface area contributed by atoms with Crippen LogP contribution in [-0.2, 0) is 4.79 Å². The molecule has 2 aromatic rings. The molecule has 0 fully saturated rings. The number of carbonyl (C=O) groups excluding carboxylic acids is 1. The summed E-state index contributed by atoms with van der Waals surface area (Å²) in [5.74, 6) is 1.40. The second kappa shape index (κ2) is 7.30. The van der Waals surface area contributed by atoms with Gasteiger partial charge in [-0.25, -0.2) is 0 Å². The van der Waals surface area contributed by atoms with Crippen LogP contribution in [-0.4, -0.2) is 19.6 Å². The minimum atomic E-state index is -0.140. The van der Waals surface area contributed by atoms with Crippen LogP contribution in [0.1, 0.15) is 38.7 Å². The van der Waals surface area contributed by atoms with Crippen molar-refractivity contribution in [2.45, 2.75) is 33.1 Å². The molecule has 1 atom stereocenters. The normalized spacial score (nSPS) is 12.4. The predicted molar refractivity (Wildman–Crippen MR) is 91.4 cm³/mol. The Morgan fingerprint density at radius 3 is 2.45 bits per heavy atom. The number of hydrogen-bond donors (Lipinski definition) is 1. The van der Waals surface area contributed by atoms with Crippen molar-refractivity contribution in [2.24, 2.45) is 5.92 Å². The third-order valence-corrected chi connectivity index (χ3v) is 3.99. The molecule has 3 nitrogen and oxygen atoms in total. The molecule has 0 saturated heterocycles. The Morgan fingerprint density at radius 2 is 1.77 bits per heavy atom. The van der Waals surface area contributed by atoms with Gasteiger partial charge in [0.2, 0.25) is 5.91 Å². The maximum absolute atomic E-state index is 12.2. The van der Waals surface area contributed by atoms with E-state index < -0.39 is 0 Å². The van der Waals surface area contributed by atoms with Crippen molar-refractivity contribution >= 4 is 16.7 Å². The largest absolute Gasteiger partial charge is 0.497 e. The van der Waals surface area contributed by atoms with Crippen molar-refractivity contribution in [3.8, 4) is 5.75 Å². The zero-order chi connectivity index (χ0) is 16.1. The second-order valence-corrected chi connectivity index (χ2v) is 6.17. The summed E-state index contributed by atoms with van der Waals surface area (Å²) < 4.78 is 5.24. The van der Waals surface area contributed by atoms with Crippen LogP contribution < -0.4 is 10.1 Å². The maximum Gasteiger partial charge on any atom is 0.227 e. The molecule has 0 saturated carbocycles. The number of benzene rings is 2. The van der Waals surface area contributed by atoms with E-state index in [9.17, 15) is 4.79 Å². The third-order valence-electron chi connectivity index (χ3n) is 3.99. The van der Waals surface area contributed by atoms with Gasteiger partial charge in [0.15, 0.2) is 0 Å². The molecule has 2 rings (SSSR count). The van der Waals surface area contributed by atoms with Crippen LogP contribution in [0.25, 0.3) is 10.8 Å². The molecule has 22 heavy (non-hydrogen) atoms. The molecule has 2 aromatic carbocycles. The lowest BCUT2D eigenvalue weighted by atomic mass is 9.97. The number of fused-ring (bicyclic) bond motifs is 1. The fraction of sp³-hybridized carbons (Fsp3) is 0.421. The quantitative estimate of drug-likeness (QED) is 0.871. The molecule has 0 aliphatic rings. The molecule has 0 aliphatic carbocycles. The Bertz CT molecular complexity index is 649. The van der Waals surface area contributed by atoms with Crippen molar-refractivity contribution in [1.29, 1.82) is 0 Å². The van der Waals surface area contributed by atoms with Gasteiger partial charge in [0.25, 0.3) is 0 Å². The summed E-state index contributed by atoms with van der Waals surface area (Å²) >= 11 is 0. The monoisotopic (exact) mass is 299 g/mol. The van der Waals surface area contributed by atoms with Gasteiger partial charge < -0.3 is 10.1 Å². The van der Waals surface area contributed by atoms with Gasteiger partial charge in [0.05, 0.1) is 13.0 Å². The summed E-state index contributed by atoms with van der Waals surface area (Å²) in [6, 6.07) is 12.1. The fourth-order valence-corrected chi connectivity index (χ4v) is 2.43. The highest BCUT2D eigenvalue weighted by molar-refractivity contribution is 5.88. The van der Waals surface area contributed by atoms with E-state index in [1.165, 1.54) is 0 Å². The van der Waals surface area contributed by atoms with Crippen LogP contribution in [0.15, 0.2) is 36.4 Å². The van der Waals surface area contributed by atoms with E-state index in [2.05, 4.69) is 25.2 Å². The first-order valence-electron chi connectivity index (χ1n) is 7.86. The van der Waals surface area contributed by atoms with E-state index >= 15 is 0 Å². The highest BCUT2D eigenvalue weighted by Crippen LogP contribution is 2.25. The summed E-state index contributed by atoms with van der Waals surface area (Å²) in [5.41, 5.74) is 1.04. The average molecular weight is 299 g/mol. The fourth-order valence-electron chi connectivity index (χ4n) is 2.43. The zero-order valence-corrected chi connectivity index (χ0v) is 13.8. The molecule has 3 heteroatoms. The van der Waals surface area contributed by atoms with E-state index in [0.29, 0.717) is 5.92 Å². The lowest BCUT2D eigenvalue weighted by molar-refractivity contribution is -0.122. The van der Waals surface area contributed by atoms with Crippen LogP contribution in [0, 0.1) is 5.92 Å². The smallest absolute Gasteiger partial charge is 0.227 e. The lowest BCUT2D eigenvalue weighted by Gasteiger charge is -2.14. The van der Waals surface area contributed by atoms with Gasteiger partial charge in [-0.1, -0.05) is 38.1 Å². The minimum absolute atomic E-state index is 0.0912. The number of carbonyl (C=O) groups is 1. The molecule has 0 radical (unpaired) electrons. The Morgan fingerprint density at radius 1 is 1.09 bits per heavy atom. The number of nitrogens with one attached hydrogen (secondary N) is 1. The first-order valence-corrected chi connectivity index (χ1v) is 7.86. The van der Waals surface area contributed by atoms with Crippen LogP contribution in [0.4, 0.5) is 0 Å². The minimum Gasteiger partial charge on any atom is -0.497 e. The van der Waals surface area contributed by atoms with Crippen molar-refractivity contribution < 1.29 is 9.53 Å². The molecule has 0 spiro atoms. The molecular weight excluding hydrogens is 274 g/mol. The third kappa shape index (κ3) is 4.00. The van der Waals surface area contributed by atoms with Crippen LogP contribution >= 0.6 is 0 Å². The molecule has 1 amide bonds. The van der Waals surface area contributed by atoms with Crippen LogP contribution in [0.5, 0.6) is 5.75 Å². The summed E-state index contributed by atoms with van der Waals surface area (Å²) in [7, 11) is 1.67. The van der Waals surface area contributed by atoms with E-state index in [-0.39, 0.29) is 11.8 Å². The second-order valence-electron chi connectivity index (χ2n) is 6.17. The Balaban J connectivity index is 2.11. The molecular formula is C19H25NO2. The Labute approximate surface area is 132 Å². The van der Waals surface area contributed by atoms with E-state index in [1.807, 2.05) is 37.3 Å². The van der Waals surface area contributed by atoms with Crippen molar-refractivity contribution in [1.82, 2.24) is 5.32 Å². The van der Waals surface area contributed by atoms with Crippen molar-refractivity contribution in [2.75, 3.05) is 13.7 Å². The van der Waals surface area contributed by atoms with Gasteiger partial charge in [0.1, 0.15) is 5.75 Å². The van der Waals surface area contributed by atoms with Crippen LogP contribution in [0.2, 0.25) is 0 Å². The highest BCUT2D eigenvalue weighted by Gasteiger charge is 2.15. The topological polar surface area (TPSA) is 38.3 Å². The van der Waals surface area contributed by atoms with Gasteiger partial charge >= 0.3 is 0 Å². The van der Waals surface area contributed by atoms with Gasteiger partial charge in [-0.3, -0.25) is 4.79 Å². The lowest BCUT2D eigenvalue weighted by Crippen LogP contribution is -2.29. The molecule has 0 aromatic heterocycles. The summed E-state index contributed by atoms with van der Waals surface area (Å²) in [4.78, 5) is 12.2. The Hall–Kier alpha value is -2.03. The van der Waals surface area contributed by atoms with Crippen LogP contribution in [0.3, 0.4) is 0 Å². The summed E-state index contributed by atoms with van der Waals surface area (Å²) in [6.07, 6.45) is 1.01.